The topological polar surface area (TPSA) is 61.4 Å². The molecule has 2 aromatic carbocycles. The summed E-state index contributed by atoms with van der Waals surface area (Å²) in [7, 11) is 0. The van der Waals surface area contributed by atoms with E-state index in [0.717, 1.165) is 5.56 Å². The molecule has 3 rings (SSSR count). The van der Waals surface area contributed by atoms with Crippen LogP contribution in [0.2, 0.25) is 10.0 Å². The molecule has 0 aliphatic rings. The lowest BCUT2D eigenvalue weighted by Crippen LogP contribution is -2.26. The molecule has 0 atom stereocenters. The van der Waals surface area contributed by atoms with Crippen LogP contribution >= 0.6 is 23.2 Å². The van der Waals surface area contributed by atoms with Gasteiger partial charge in [0.05, 0.1) is 27.6 Å². The molecule has 1 heterocycles. The van der Waals surface area contributed by atoms with Crippen LogP contribution in [0.5, 0.6) is 5.75 Å². The third-order valence-electron chi connectivity index (χ3n) is 3.81. The summed E-state index contributed by atoms with van der Waals surface area (Å²) in [6.45, 7) is 2.59. The summed E-state index contributed by atoms with van der Waals surface area (Å²) in [4.78, 5) is 23.9. The Morgan fingerprint density at radius 1 is 1.12 bits per heavy atom. The van der Waals surface area contributed by atoms with Gasteiger partial charge in [-0.25, -0.2) is 9.59 Å². The first-order valence-corrected chi connectivity index (χ1v) is 8.44. The Labute approximate surface area is 153 Å². The fraction of sp³-hybridized carbons (Fsp3) is 0.222. The molecule has 0 fully saturated rings. The maximum absolute atomic E-state index is 12.1. The minimum atomic E-state index is -0.665. The third kappa shape index (κ3) is 3.72. The van der Waals surface area contributed by atoms with Gasteiger partial charge in [-0.05, 0) is 37.1 Å². The summed E-state index contributed by atoms with van der Waals surface area (Å²) in [5.74, 6) is -0.0660. The second-order valence-corrected chi connectivity index (χ2v) is 6.37. The molecule has 0 unspecified atom stereocenters. The summed E-state index contributed by atoms with van der Waals surface area (Å²) >= 11 is 11.8. The average Bonchev–Trinajstić information content (AvgIpc) is 2.57. The van der Waals surface area contributed by atoms with Gasteiger partial charge >= 0.3 is 11.4 Å². The summed E-state index contributed by atoms with van der Waals surface area (Å²) < 4.78 is 11.9. The summed E-state index contributed by atoms with van der Waals surface area (Å²) in [5.41, 5.74) is 0.818. The highest BCUT2D eigenvalue weighted by molar-refractivity contribution is 6.42. The van der Waals surface area contributed by atoms with Crippen LogP contribution in [-0.4, -0.2) is 11.2 Å². The normalized spacial score (nSPS) is 11.0. The number of halogens is 2. The first-order chi connectivity index (χ1) is 12.0. The third-order valence-corrected chi connectivity index (χ3v) is 4.55. The fourth-order valence-corrected chi connectivity index (χ4v) is 2.93. The summed E-state index contributed by atoms with van der Waals surface area (Å²) in [6, 6.07) is 10.3. The first-order valence-electron chi connectivity index (χ1n) is 7.68. The minimum absolute atomic E-state index is 0.366. The van der Waals surface area contributed by atoms with Gasteiger partial charge < -0.3 is 9.15 Å². The van der Waals surface area contributed by atoms with Crippen LogP contribution in [0.3, 0.4) is 0 Å². The maximum Gasteiger partial charge on any atom is 0.422 e. The van der Waals surface area contributed by atoms with Gasteiger partial charge in [-0.3, -0.25) is 4.57 Å². The van der Waals surface area contributed by atoms with E-state index in [1.54, 1.807) is 30.3 Å². The highest BCUT2D eigenvalue weighted by Gasteiger charge is 2.11. The molecular weight excluding hydrogens is 365 g/mol. The lowest BCUT2D eigenvalue weighted by Gasteiger charge is -2.11. The zero-order chi connectivity index (χ0) is 18.0. The van der Waals surface area contributed by atoms with E-state index in [2.05, 4.69) is 0 Å². The lowest BCUT2D eigenvalue weighted by molar-refractivity contribution is 0.296. The van der Waals surface area contributed by atoms with E-state index in [-0.39, 0.29) is 0 Å². The SMILES string of the molecule is Cc1cccc2c(=O)oc(=O)n(CCCOc3ccc(Cl)c(Cl)c3)c12. The predicted molar refractivity (Wildman–Crippen MR) is 98.1 cm³/mol. The second-order valence-electron chi connectivity index (χ2n) is 5.56. The number of fused-ring (bicyclic) bond motifs is 1. The zero-order valence-corrected chi connectivity index (χ0v) is 14.9. The van der Waals surface area contributed by atoms with Gasteiger partial charge in [0, 0.05) is 12.6 Å². The quantitative estimate of drug-likeness (QED) is 0.627. The number of para-hydroxylation sites is 1. The average molecular weight is 380 g/mol. The molecule has 0 saturated carbocycles. The van der Waals surface area contributed by atoms with Gasteiger partial charge in [0.2, 0.25) is 0 Å². The van der Waals surface area contributed by atoms with Crippen molar-refractivity contribution in [3.63, 3.8) is 0 Å². The Hall–Kier alpha value is -2.24. The van der Waals surface area contributed by atoms with Crippen LogP contribution in [0.25, 0.3) is 10.9 Å². The van der Waals surface area contributed by atoms with Crippen LogP contribution in [0.1, 0.15) is 12.0 Å². The van der Waals surface area contributed by atoms with Gasteiger partial charge in [0.25, 0.3) is 0 Å². The van der Waals surface area contributed by atoms with Crippen molar-refractivity contribution < 1.29 is 9.15 Å². The van der Waals surface area contributed by atoms with Crippen molar-refractivity contribution in [3.05, 3.63) is 73.0 Å². The number of aromatic nitrogens is 1. The Bertz CT molecular complexity index is 1040. The van der Waals surface area contributed by atoms with Crippen LogP contribution in [-0.2, 0) is 6.54 Å². The van der Waals surface area contributed by atoms with Crippen molar-refractivity contribution in [3.8, 4) is 5.75 Å². The van der Waals surface area contributed by atoms with Gasteiger partial charge in [-0.15, -0.1) is 0 Å². The van der Waals surface area contributed by atoms with E-state index < -0.39 is 11.4 Å². The maximum atomic E-state index is 12.1. The molecule has 5 nitrogen and oxygen atoms in total. The van der Waals surface area contributed by atoms with E-state index in [9.17, 15) is 9.59 Å². The standard InChI is InChI=1S/C18H15Cl2NO4/c1-11-4-2-5-13-16(11)21(18(23)25-17(13)22)8-3-9-24-12-6-7-14(19)15(20)10-12/h2,4-7,10H,3,8-9H2,1H3. The van der Waals surface area contributed by atoms with E-state index in [1.165, 1.54) is 4.57 Å². The molecular formula is C18H15Cl2NO4. The molecule has 0 aliphatic carbocycles. The monoisotopic (exact) mass is 379 g/mol. The van der Waals surface area contributed by atoms with E-state index in [1.807, 2.05) is 13.0 Å². The van der Waals surface area contributed by atoms with Crippen molar-refractivity contribution in [1.29, 1.82) is 0 Å². The molecule has 0 radical (unpaired) electrons. The predicted octanol–water partition coefficient (Wildman–Crippen LogP) is 4.04. The number of ether oxygens (including phenoxy) is 1. The fourth-order valence-electron chi connectivity index (χ4n) is 2.65. The Morgan fingerprint density at radius 2 is 1.92 bits per heavy atom. The van der Waals surface area contributed by atoms with Crippen molar-refractivity contribution in [1.82, 2.24) is 4.57 Å². The largest absolute Gasteiger partial charge is 0.493 e. The molecule has 130 valence electrons. The Morgan fingerprint density at radius 3 is 2.68 bits per heavy atom. The van der Waals surface area contributed by atoms with Crippen molar-refractivity contribution >= 4 is 34.1 Å². The molecule has 1 aromatic heterocycles. The molecule has 0 N–H and O–H groups in total. The lowest BCUT2D eigenvalue weighted by atomic mass is 10.1. The van der Waals surface area contributed by atoms with Crippen LogP contribution in [0.4, 0.5) is 0 Å². The molecule has 0 saturated heterocycles. The molecule has 25 heavy (non-hydrogen) atoms. The molecule has 3 aromatic rings. The summed E-state index contributed by atoms with van der Waals surface area (Å²) in [5, 5.41) is 1.27. The number of rotatable bonds is 5. The molecule has 7 heteroatoms. The number of aryl methyl sites for hydroxylation is 2. The van der Waals surface area contributed by atoms with Crippen molar-refractivity contribution in [2.24, 2.45) is 0 Å². The number of benzene rings is 2. The Kier molecular flexibility index (Phi) is 5.16. The number of hydrogen-bond donors (Lipinski definition) is 0. The van der Waals surface area contributed by atoms with Crippen molar-refractivity contribution in [2.75, 3.05) is 6.61 Å². The zero-order valence-electron chi connectivity index (χ0n) is 13.4. The van der Waals surface area contributed by atoms with Gasteiger partial charge in [0.15, 0.2) is 0 Å². The molecule has 0 spiro atoms. The van der Waals surface area contributed by atoms with Gasteiger partial charge in [0.1, 0.15) is 5.75 Å². The smallest absolute Gasteiger partial charge is 0.422 e. The van der Waals surface area contributed by atoms with Crippen LogP contribution < -0.4 is 16.1 Å². The summed E-state index contributed by atoms with van der Waals surface area (Å²) in [6.07, 6.45) is 0.553. The van der Waals surface area contributed by atoms with E-state index >= 15 is 0 Å². The van der Waals surface area contributed by atoms with E-state index in [4.69, 9.17) is 32.4 Å². The molecule has 0 amide bonds. The second kappa shape index (κ2) is 7.33. The Balaban J connectivity index is 1.76. The number of hydrogen-bond acceptors (Lipinski definition) is 4. The highest BCUT2D eigenvalue weighted by atomic mass is 35.5. The minimum Gasteiger partial charge on any atom is -0.493 e. The molecule has 0 bridgehead atoms. The number of nitrogens with zero attached hydrogens (tertiary/aromatic N) is 1. The first kappa shape index (κ1) is 17.6. The highest BCUT2D eigenvalue weighted by Crippen LogP contribution is 2.26. The molecule has 0 aliphatic heterocycles. The van der Waals surface area contributed by atoms with E-state index in [0.29, 0.717) is 46.3 Å². The van der Waals surface area contributed by atoms with Crippen molar-refractivity contribution in [2.45, 2.75) is 19.9 Å². The van der Waals surface area contributed by atoms with Gasteiger partial charge in [-0.1, -0.05) is 35.3 Å². The van der Waals surface area contributed by atoms with Gasteiger partial charge in [-0.2, -0.15) is 0 Å². The van der Waals surface area contributed by atoms with Crippen LogP contribution in [0.15, 0.2) is 50.4 Å². The van der Waals surface area contributed by atoms with Crippen LogP contribution in [0, 0.1) is 6.92 Å².